The molecule has 0 saturated heterocycles. The van der Waals surface area contributed by atoms with Crippen molar-refractivity contribution in [1.29, 1.82) is 0 Å². The molecule has 1 amide bonds. The van der Waals surface area contributed by atoms with E-state index in [1.165, 1.54) is 44.1 Å². The number of nitrogens with zero attached hydrogens (tertiary/aromatic N) is 1. The summed E-state index contributed by atoms with van der Waals surface area (Å²) in [6.07, 6.45) is 8.57. The van der Waals surface area contributed by atoms with Crippen molar-refractivity contribution in [1.82, 2.24) is 4.57 Å². The van der Waals surface area contributed by atoms with Crippen molar-refractivity contribution >= 4 is 11.6 Å². The highest BCUT2D eigenvalue weighted by molar-refractivity contribution is 6.05. The summed E-state index contributed by atoms with van der Waals surface area (Å²) in [5.74, 6) is 2.86. The Labute approximate surface area is 162 Å². The highest BCUT2D eigenvalue weighted by atomic mass is 16.1. The number of carbonyl (C=O) groups is 1. The first-order valence-electron chi connectivity index (χ1n) is 10.5. The summed E-state index contributed by atoms with van der Waals surface area (Å²) < 4.78 is 2.06. The van der Waals surface area contributed by atoms with Crippen LogP contribution in [0.15, 0.2) is 30.3 Å². The van der Waals surface area contributed by atoms with Gasteiger partial charge in [-0.25, -0.2) is 0 Å². The van der Waals surface area contributed by atoms with E-state index in [0.29, 0.717) is 5.41 Å². The third-order valence-electron chi connectivity index (χ3n) is 7.81. The Bertz CT molecular complexity index is 855. The van der Waals surface area contributed by atoms with Gasteiger partial charge in [0, 0.05) is 24.1 Å². The van der Waals surface area contributed by atoms with Crippen LogP contribution in [0, 0.1) is 31.6 Å². The van der Waals surface area contributed by atoms with Gasteiger partial charge in [-0.15, -0.1) is 0 Å². The van der Waals surface area contributed by atoms with Gasteiger partial charge in [0.2, 0.25) is 0 Å². The predicted molar refractivity (Wildman–Crippen MR) is 109 cm³/mol. The van der Waals surface area contributed by atoms with Crippen molar-refractivity contribution in [3.8, 4) is 0 Å². The topological polar surface area (TPSA) is 34.0 Å². The van der Waals surface area contributed by atoms with E-state index in [4.69, 9.17) is 0 Å². The molecule has 1 N–H and O–H groups in total. The molecule has 0 atom stereocenters. The second-order valence-corrected chi connectivity index (χ2v) is 9.57. The lowest BCUT2D eigenvalue weighted by atomic mass is 9.48. The molecule has 0 spiro atoms. The fourth-order valence-electron chi connectivity index (χ4n) is 6.65. The normalized spacial score (nSPS) is 31.3. The summed E-state index contributed by atoms with van der Waals surface area (Å²) in [5.41, 5.74) is 5.70. The second kappa shape index (κ2) is 5.98. The average Bonchev–Trinajstić information content (AvgIpc) is 2.89. The van der Waals surface area contributed by atoms with Crippen molar-refractivity contribution in [3.63, 3.8) is 0 Å². The SMILES string of the molecule is Cc1cc(C(=O)Nc2ccc(C34CC5CC(CC(C5)C3)C4)cc2)c(C)n1C. The van der Waals surface area contributed by atoms with Gasteiger partial charge in [0.1, 0.15) is 0 Å². The van der Waals surface area contributed by atoms with Gasteiger partial charge in [-0.3, -0.25) is 4.79 Å². The van der Waals surface area contributed by atoms with Crippen molar-refractivity contribution in [2.24, 2.45) is 24.8 Å². The van der Waals surface area contributed by atoms with E-state index in [1.807, 2.05) is 27.0 Å². The second-order valence-electron chi connectivity index (χ2n) is 9.57. The van der Waals surface area contributed by atoms with E-state index in [-0.39, 0.29) is 5.91 Å². The van der Waals surface area contributed by atoms with Crippen LogP contribution in [0.1, 0.15) is 65.8 Å². The molecule has 0 aliphatic heterocycles. The van der Waals surface area contributed by atoms with Crippen LogP contribution in [-0.2, 0) is 12.5 Å². The summed E-state index contributed by atoms with van der Waals surface area (Å²) in [7, 11) is 2.00. The van der Waals surface area contributed by atoms with E-state index in [0.717, 1.165) is 40.4 Å². The van der Waals surface area contributed by atoms with Crippen molar-refractivity contribution in [3.05, 3.63) is 52.8 Å². The van der Waals surface area contributed by atoms with Crippen LogP contribution in [-0.4, -0.2) is 10.5 Å². The molecule has 1 aromatic heterocycles. The van der Waals surface area contributed by atoms with E-state index in [9.17, 15) is 4.79 Å². The summed E-state index contributed by atoms with van der Waals surface area (Å²) in [6.45, 7) is 4.03. The molecule has 0 unspecified atom stereocenters. The molecule has 142 valence electrons. The molecule has 4 bridgehead atoms. The van der Waals surface area contributed by atoms with Crippen molar-refractivity contribution in [2.45, 2.75) is 57.8 Å². The van der Waals surface area contributed by atoms with E-state index >= 15 is 0 Å². The fourth-order valence-corrected chi connectivity index (χ4v) is 6.65. The molecule has 4 aliphatic carbocycles. The summed E-state index contributed by atoms with van der Waals surface area (Å²) in [4.78, 5) is 12.7. The lowest BCUT2D eigenvalue weighted by molar-refractivity contribution is -0.00518. The zero-order chi connectivity index (χ0) is 18.8. The molecule has 27 heavy (non-hydrogen) atoms. The summed E-state index contributed by atoms with van der Waals surface area (Å²) >= 11 is 0. The monoisotopic (exact) mass is 362 g/mol. The molecular formula is C24H30N2O. The van der Waals surface area contributed by atoms with Gasteiger partial charge < -0.3 is 9.88 Å². The number of carbonyl (C=O) groups excluding carboxylic acids is 1. The first kappa shape index (κ1) is 17.1. The number of nitrogens with one attached hydrogen (secondary N) is 1. The zero-order valence-electron chi connectivity index (χ0n) is 16.7. The van der Waals surface area contributed by atoms with E-state index < -0.39 is 0 Å². The molecule has 3 nitrogen and oxygen atoms in total. The number of aryl methyl sites for hydroxylation is 1. The smallest absolute Gasteiger partial charge is 0.257 e. The molecule has 1 heterocycles. The number of aromatic nitrogens is 1. The van der Waals surface area contributed by atoms with Gasteiger partial charge in [-0.2, -0.15) is 0 Å². The molecule has 4 aliphatic rings. The predicted octanol–water partition coefficient (Wildman–Crippen LogP) is 5.36. The lowest BCUT2D eigenvalue weighted by Gasteiger charge is -2.57. The van der Waals surface area contributed by atoms with E-state index in [2.05, 4.69) is 34.1 Å². The number of hydrogen-bond acceptors (Lipinski definition) is 1. The standard InChI is InChI=1S/C24H30N2O/c1-15-8-22(16(2)26(15)3)23(27)25-21-6-4-20(5-7-21)24-12-17-9-18(13-24)11-19(10-17)14-24/h4-8,17-19H,9-14H2,1-3H3,(H,25,27). The number of anilines is 1. The van der Waals surface area contributed by atoms with Crippen LogP contribution in [0.4, 0.5) is 5.69 Å². The Kier molecular flexibility index (Phi) is 3.79. The number of amides is 1. The van der Waals surface area contributed by atoms with Crippen LogP contribution < -0.4 is 5.32 Å². The molecule has 4 fully saturated rings. The Morgan fingerprint density at radius 3 is 2.04 bits per heavy atom. The van der Waals surface area contributed by atoms with Gasteiger partial charge in [-0.1, -0.05) is 12.1 Å². The van der Waals surface area contributed by atoms with Crippen molar-refractivity contribution in [2.75, 3.05) is 5.32 Å². The van der Waals surface area contributed by atoms with Crippen molar-refractivity contribution < 1.29 is 4.79 Å². The summed E-state index contributed by atoms with van der Waals surface area (Å²) in [5, 5.41) is 3.09. The molecule has 2 aromatic rings. The molecule has 4 saturated carbocycles. The zero-order valence-corrected chi connectivity index (χ0v) is 16.7. The minimum Gasteiger partial charge on any atom is -0.351 e. The Morgan fingerprint density at radius 1 is 1.00 bits per heavy atom. The van der Waals surface area contributed by atoms with Gasteiger partial charge in [-0.05, 0) is 99.3 Å². The van der Waals surface area contributed by atoms with E-state index in [1.54, 1.807) is 0 Å². The Balaban J connectivity index is 1.35. The maximum Gasteiger partial charge on any atom is 0.257 e. The Hall–Kier alpha value is -2.03. The lowest BCUT2D eigenvalue weighted by Crippen LogP contribution is -2.48. The highest BCUT2D eigenvalue weighted by Crippen LogP contribution is 2.60. The van der Waals surface area contributed by atoms with Crippen LogP contribution in [0.25, 0.3) is 0 Å². The van der Waals surface area contributed by atoms with Gasteiger partial charge in [0.25, 0.3) is 5.91 Å². The summed E-state index contributed by atoms with van der Waals surface area (Å²) in [6, 6.07) is 10.8. The minimum absolute atomic E-state index is 0.0150. The van der Waals surface area contributed by atoms with Crippen LogP contribution >= 0.6 is 0 Å². The first-order chi connectivity index (χ1) is 12.9. The third-order valence-corrected chi connectivity index (χ3v) is 7.81. The number of hydrogen-bond donors (Lipinski definition) is 1. The third kappa shape index (κ3) is 2.74. The van der Waals surface area contributed by atoms with Crippen LogP contribution in [0.3, 0.4) is 0 Å². The quantitative estimate of drug-likeness (QED) is 0.783. The molecular weight excluding hydrogens is 332 g/mol. The van der Waals surface area contributed by atoms with Crippen LogP contribution in [0.2, 0.25) is 0 Å². The maximum absolute atomic E-state index is 12.7. The minimum atomic E-state index is -0.0150. The first-order valence-corrected chi connectivity index (χ1v) is 10.5. The average molecular weight is 363 g/mol. The largest absolute Gasteiger partial charge is 0.351 e. The highest BCUT2D eigenvalue weighted by Gasteiger charge is 2.51. The molecule has 6 rings (SSSR count). The molecule has 3 heteroatoms. The van der Waals surface area contributed by atoms with Gasteiger partial charge >= 0.3 is 0 Å². The Morgan fingerprint density at radius 2 is 1.56 bits per heavy atom. The molecule has 0 radical (unpaired) electrons. The van der Waals surface area contributed by atoms with Gasteiger partial charge in [0.15, 0.2) is 0 Å². The number of benzene rings is 1. The van der Waals surface area contributed by atoms with Gasteiger partial charge in [0.05, 0.1) is 5.56 Å². The fraction of sp³-hybridized carbons (Fsp3) is 0.542. The number of rotatable bonds is 3. The van der Waals surface area contributed by atoms with Crippen LogP contribution in [0.5, 0.6) is 0 Å². The maximum atomic E-state index is 12.7. The molecule has 1 aromatic carbocycles.